The van der Waals surface area contributed by atoms with Crippen molar-refractivity contribution in [2.24, 2.45) is 0 Å². The van der Waals surface area contributed by atoms with E-state index in [1.54, 1.807) is 24.7 Å². The lowest BCUT2D eigenvalue weighted by atomic mass is 9.94. The highest BCUT2D eigenvalue weighted by Gasteiger charge is 2.27. The fraction of sp³-hybridized carbons (Fsp3) is 0.333. The lowest BCUT2D eigenvalue weighted by Gasteiger charge is -2.33. The van der Waals surface area contributed by atoms with Gasteiger partial charge in [0.1, 0.15) is 12.0 Å². The van der Waals surface area contributed by atoms with Gasteiger partial charge in [-0.25, -0.2) is 9.97 Å². The third-order valence-electron chi connectivity index (χ3n) is 3.92. The predicted molar refractivity (Wildman–Crippen MR) is 84.3 cm³/mol. The Morgan fingerprint density at radius 1 is 1.36 bits per heavy atom. The van der Waals surface area contributed by atoms with Crippen LogP contribution in [-0.2, 0) is 0 Å². The molecule has 0 bridgehead atoms. The topological polar surface area (TPSA) is 72.2 Å². The fourth-order valence-corrected chi connectivity index (χ4v) is 3.06. The molecule has 0 saturated carbocycles. The standard InChI is InChI=1S/C15H15ClN4O2/c16-12-3-4-14(15(8-12)20(21)22)19-7-1-2-11(9-19)13-5-6-17-10-18-13/h3-6,8,10-11H,1-2,7,9H2/t11-/m0/s1. The highest BCUT2D eigenvalue weighted by molar-refractivity contribution is 6.30. The third kappa shape index (κ3) is 3.01. The zero-order valence-electron chi connectivity index (χ0n) is 11.9. The van der Waals surface area contributed by atoms with E-state index in [-0.39, 0.29) is 16.5 Å². The number of aromatic nitrogens is 2. The summed E-state index contributed by atoms with van der Waals surface area (Å²) in [4.78, 5) is 21.2. The van der Waals surface area contributed by atoms with E-state index in [1.807, 2.05) is 11.0 Å². The van der Waals surface area contributed by atoms with E-state index >= 15 is 0 Å². The lowest BCUT2D eigenvalue weighted by molar-refractivity contribution is -0.384. The van der Waals surface area contributed by atoms with Crippen LogP contribution in [0, 0.1) is 10.1 Å². The van der Waals surface area contributed by atoms with Gasteiger partial charge in [0.2, 0.25) is 0 Å². The Morgan fingerprint density at radius 2 is 2.23 bits per heavy atom. The van der Waals surface area contributed by atoms with Gasteiger partial charge >= 0.3 is 0 Å². The summed E-state index contributed by atoms with van der Waals surface area (Å²) < 4.78 is 0. The van der Waals surface area contributed by atoms with E-state index < -0.39 is 0 Å². The zero-order valence-corrected chi connectivity index (χ0v) is 12.6. The van der Waals surface area contributed by atoms with Gasteiger partial charge in [-0.1, -0.05) is 11.6 Å². The van der Waals surface area contributed by atoms with Crippen LogP contribution >= 0.6 is 11.6 Å². The van der Waals surface area contributed by atoms with Gasteiger partial charge in [0.25, 0.3) is 5.69 Å². The predicted octanol–water partition coefficient (Wildman–Crippen LogP) is 3.42. The molecule has 0 amide bonds. The van der Waals surface area contributed by atoms with Gasteiger partial charge in [-0.15, -0.1) is 0 Å². The molecular formula is C15H15ClN4O2. The third-order valence-corrected chi connectivity index (χ3v) is 4.15. The van der Waals surface area contributed by atoms with Gasteiger partial charge < -0.3 is 4.90 Å². The van der Waals surface area contributed by atoms with Crippen LogP contribution in [0.15, 0.2) is 36.8 Å². The van der Waals surface area contributed by atoms with Crippen molar-refractivity contribution in [1.29, 1.82) is 0 Å². The molecule has 6 nitrogen and oxygen atoms in total. The van der Waals surface area contributed by atoms with Crippen LogP contribution in [0.4, 0.5) is 11.4 Å². The monoisotopic (exact) mass is 318 g/mol. The van der Waals surface area contributed by atoms with Crippen molar-refractivity contribution in [3.8, 4) is 0 Å². The summed E-state index contributed by atoms with van der Waals surface area (Å²) in [5.41, 5.74) is 1.65. The largest absolute Gasteiger partial charge is 0.365 e. The number of hydrogen-bond acceptors (Lipinski definition) is 5. The first-order chi connectivity index (χ1) is 10.6. The molecule has 2 heterocycles. The summed E-state index contributed by atoms with van der Waals surface area (Å²) >= 11 is 5.88. The quantitative estimate of drug-likeness (QED) is 0.640. The Morgan fingerprint density at radius 3 is 2.95 bits per heavy atom. The van der Waals surface area contributed by atoms with Crippen molar-refractivity contribution in [1.82, 2.24) is 9.97 Å². The van der Waals surface area contributed by atoms with Crippen molar-refractivity contribution in [3.05, 3.63) is 57.6 Å². The number of hydrogen-bond donors (Lipinski definition) is 0. The molecule has 1 aromatic heterocycles. The van der Waals surface area contributed by atoms with E-state index in [0.29, 0.717) is 17.3 Å². The minimum atomic E-state index is -0.379. The van der Waals surface area contributed by atoms with Crippen LogP contribution in [-0.4, -0.2) is 28.0 Å². The molecule has 1 fully saturated rings. The van der Waals surface area contributed by atoms with Crippen LogP contribution < -0.4 is 4.90 Å². The number of nitrogens with zero attached hydrogens (tertiary/aromatic N) is 4. The van der Waals surface area contributed by atoms with Crippen LogP contribution in [0.3, 0.4) is 0 Å². The average Bonchev–Trinajstić information content (AvgIpc) is 2.55. The van der Waals surface area contributed by atoms with Gasteiger partial charge in [0, 0.05) is 42.0 Å². The maximum Gasteiger partial charge on any atom is 0.294 e. The summed E-state index contributed by atoms with van der Waals surface area (Å²) in [6.07, 6.45) is 5.26. The van der Waals surface area contributed by atoms with Crippen molar-refractivity contribution in [3.63, 3.8) is 0 Å². The highest BCUT2D eigenvalue weighted by Crippen LogP contribution is 2.35. The van der Waals surface area contributed by atoms with Gasteiger partial charge in [-0.3, -0.25) is 10.1 Å². The number of anilines is 1. The molecule has 1 saturated heterocycles. The number of benzene rings is 1. The fourth-order valence-electron chi connectivity index (χ4n) is 2.89. The molecule has 22 heavy (non-hydrogen) atoms. The molecule has 0 spiro atoms. The number of rotatable bonds is 3. The maximum atomic E-state index is 11.3. The normalized spacial score (nSPS) is 18.2. The van der Waals surface area contributed by atoms with Crippen LogP contribution in [0.5, 0.6) is 0 Å². The Labute approximate surface area is 132 Å². The molecule has 1 atom stereocenters. The summed E-state index contributed by atoms with van der Waals surface area (Å²) in [6, 6.07) is 6.73. The van der Waals surface area contributed by atoms with Crippen molar-refractivity contribution < 1.29 is 4.92 Å². The Hall–Kier alpha value is -2.21. The van der Waals surface area contributed by atoms with Crippen LogP contribution in [0.1, 0.15) is 24.5 Å². The maximum absolute atomic E-state index is 11.3. The van der Waals surface area contributed by atoms with Crippen molar-refractivity contribution >= 4 is 23.0 Å². The molecule has 2 aromatic rings. The first kappa shape index (κ1) is 14.7. The molecule has 0 N–H and O–H groups in total. The first-order valence-electron chi connectivity index (χ1n) is 7.10. The van der Waals surface area contributed by atoms with Crippen molar-refractivity contribution in [2.75, 3.05) is 18.0 Å². The highest BCUT2D eigenvalue weighted by atomic mass is 35.5. The van der Waals surface area contributed by atoms with E-state index in [9.17, 15) is 10.1 Å². The summed E-state index contributed by atoms with van der Waals surface area (Å²) in [6.45, 7) is 1.50. The van der Waals surface area contributed by atoms with E-state index in [1.165, 1.54) is 6.07 Å². The molecule has 0 radical (unpaired) electrons. The number of nitro groups is 1. The molecule has 114 valence electrons. The Balaban J connectivity index is 1.88. The zero-order chi connectivity index (χ0) is 15.5. The molecule has 1 aliphatic heterocycles. The minimum absolute atomic E-state index is 0.0517. The van der Waals surface area contributed by atoms with Gasteiger partial charge in [0.15, 0.2) is 0 Å². The molecule has 3 rings (SSSR count). The smallest absolute Gasteiger partial charge is 0.294 e. The Kier molecular flexibility index (Phi) is 4.20. The second-order valence-corrected chi connectivity index (χ2v) is 5.75. The second-order valence-electron chi connectivity index (χ2n) is 5.31. The number of halogens is 1. The summed E-state index contributed by atoms with van der Waals surface area (Å²) in [7, 11) is 0. The van der Waals surface area contributed by atoms with Crippen LogP contribution in [0.25, 0.3) is 0 Å². The van der Waals surface area contributed by atoms with E-state index in [0.717, 1.165) is 25.1 Å². The average molecular weight is 319 g/mol. The van der Waals surface area contributed by atoms with Crippen LogP contribution in [0.2, 0.25) is 5.02 Å². The molecule has 1 aromatic carbocycles. The van der Waals surface area contributed by atoms with Crippen molar-refractivity contribution in [2.45, 2.75) is 18.8 Å². The number of piperidine rings is 1. The molecule has 1 aliphatic rings. The summed E-state index contributed by atoms with van der Waals surface area (Å²) in [5, 5.41) is 11.6. The van der Waals surface area contributed by atoms with E-state index in [4.69, 9.17) is 11.6 Å². The van der Waals surface area contributed by atoms with Gasteiger partial charge in [0.05, 0.1) is 4.92 Å². The van der Waals surface area contributed by atoms with Gasteiger partial charge in [-0.2, -0.15) is 0 Å². The van der Waals surface area contributed by atoms with Gasteiger partial charge in [-0.05, 0) is 31.0 Å². The molecule has 0 unspecified atom stereocenters. The van der Waals surface area contributed by atoms with E-state index in [2.05, 4.69) is 9.97 Å². The Bertz CT molecular complexity index is 680. The minimum Gasteiger partial charge on any atom is -0.365 e. The second kappa shape index (κ2) is 6.27. The molecule has 0 aliphatic carbocycles. The summed E-state index contributed by atoms with van der Waals surface area (Å²) in [5.74, 6) is 0.257. The SMILES string of the molecule is O=[N+]([O-])c1cc(Cl)ccc1N1CCC[C@H](c2ccncn2)C1. The first-order valence-corrected chi connectivity index (χ1v) is 7.48. The lowest BCUT2D eigenvalue weighted by Crippen LogP contribution is -2.35. The molecular weight excluding hydrogens is 304 g/mol. The number of nitro benzene ring substituents is 1. The molecule has 7 heteroatoms.